The zero-order valence-electron chi connectivity index (χ0n) is 9.38. The van der Waals surface area contributed by atoms with Crippen LogP contribution >= 0.6 is 11.6 Å². The lowest BCUT2D eigenvalue weighted by Crippen LogP contribution is -2.15. The van der Waals surface area contributed by atoms with Crippen LogP contribution in [0.3, 0.4) is 0 Å². The van der Waals surface area contributed by atoms with Gasteiger partial charge in [-0.2, -0.15) is 0 Å². The Hall–Kier alpha value is -1.54. The first-order valence-corrected chi connectivity index (χ1v) is 6.88. The van der Waals surface area contributed by atoms with Gasteiger partial charge in [0.05, 0.1) is 5.75 Å². The van der Waals surface area contributed by atoms with E-state index in [4.69, 9.17) is 21.4 Å². The number of rotatable bonds is 6. The van der Waals surface area contributed by atoms with Gasteiger partial charge in [-0.3, -0.25) is 4.72 Å². The van der Waals surface area contributed by atoms with E-state index in [0.29, 0.717) is 0 Å². The Kier molecular flexibility index (Phi) is 4.74. The van der Waals surface area contributed by atoms with E-state index in [1.807, 2.05) is 0 Å². The molecule has 0 bridgehead atoms. The van der Waals surface area contributed by atoms with Crippen LogP contribution in [0.5, 0.6) is 5.75 Å². The Balaban J connectivity index is 2.82. The lowest BCUT2D eigenvalue weighted by atomic mass is 10.4. The van der Waals surface area contributed by atoms with Crippen molar-refractivity contribution < 1.29 is 23.1 Å². The maximum Gasteiger partial charge on any atom is 0.341 e. The quantitative estimate of drug-likeness (QED) is 0.757. The first-order valence-electron chi connectivity index (χ1n) is 4.85. The normalized spacial score (nSPS) is 11.0. The predicted molar refractivity (Wildman–Crippen MR) is 65.5 cm³/mol. The van der Waals surface area contributed by atoms with E-state index in [1.165, 1.54) is 19.1 Å². The maximum atomic E-state index is 11.3. The van der Waals surface area contributed by atoms with E-state index in [2.05, 4.69) is 9.71 Å². The molecule has 1 aromatic heterocycles. The number of aliphatic carboxylic acids is 1. The summed E-state index contributed by atoms with van der Waals surface area (Å²) in [7, 11) is -3.43. The van der Waals surface area contributed by atoms with E-state index in [0.717, 1.165) is 0 Å². The number of sulfonamides is 1. The average Bonchev–Trinajstić information content (AvgIpc) is 2.27. The van der Waals surface area contributed by atoms with Gasteiger partial charge in [-0.05, 0) is 19.1 Å². The van der Waals surface area contributed by atoms with Crippen molar-refractivity contribution in [2.24, 2.45) is 0 Å². The molecule has 2 N–H and O–H groups in total. The summed E-state index contributed by atoms with van der Waals surface area (Å²) in [6.45, 7) is 0.926. The van der Waals surface area contributed by atoms with Gasteiger partial charge in [0.2, 0.25) is 10.0 Å². The van der Waals surface area contributed by atoms with Crippen molar-refractivity contribution in [2.45, 2.75) is 6.92 Å². The van der Waals surface area contributed by atoms with E-state index in [-0.39, 0.29) is 22.5 Å². The minimum Gasteiger partial charge on any atom is -0.479 e. The molecule has 9 heteroatoms. The number of nitrogens with one attached hydrogen (secondary N) is 1. The van der Waals surface area contributed by atoms with Crippen LogP contribution in [0, 0.1) is 0 Å². The van der Waals surface area contributed by atoms with Gasteiger partial charge in [0, 0.05) is 0 Å². The molecule has 0 aliphatic carbocycles. The van der Waals surface area contributed by atoms with Crippen LogP contribution in [0.1, 0.15) is 6.92 Å². The molecular weight excluding hydrogens is 284 g/mol. The first kappa shape index (κ1) is 14.5. The number of anilines is 1. The standard InChI is InChI=1S/C9H11ClN2O5S/c1-2-18(15,16)12-7-4-3-6(9(10)11-7)17-5-8(13)14/h3-4H,2,5H2,1H3,(H,11,12)(H,13,14). The summed E-state index contributed by atoms with van der Waals surface area (Å²) in [6.07, 6.45) is 0. The molecular formula is C9H11ClN2O5S. The zero-order chi connectivity index (χ0) is 13.8. The Morgan fingerprint density at radius 3 is 2.72 bits per heavy atom. The molecule has 0 amide bonds. The summed E-state index contributed by atoms with van der Waals surface area (Å²) in [6, 6.07) is 2.67. The maximum absolute atomic E-state index is 11.3. The van der Waals surface area contributed by atoms with Crippen LogP contribution in [0.4, 0.5) is 5.82 Å². The first-order chi connectivity index (χ1) is 8.34. The van der Waals surface area contributed by atoms with Gasteiger partial charge in [-0.1, -0.05) is 11.6 Å². The van der Waals surface area contributed by atoms with Gasteiger partial charge >= 0.3 is 5.97 Å². The largest absolute Gasteiger partial charge is 0.479 e. The number of hydrogen-bond acceptors (Lipinski definition) is 5. The van der Waals surface area contributed by atoms with Crippen molar-refractivity contribution in [3.63, 3.8) is 0 Å². The average molecular weight is 295 g/mol. The Labute approximate surface area is 109 Å². The van der Waals surface area contributed by atoms with Crippen LogP contribution in [0.15, 0.2) is 12.1 Å². The fourth-order valence-electron chi connectivity index (χ4n) is 0.957. The summed E-state index contributed by atoms with van der Waals surface area (Å²) >= 11 is 5.72. The van der Waals surface area contributed by atoms with Crippen LogP contribution < -0.4 is 9.46 Å². The molecule has 0 atom stereocenters. The second-order valence-corrected chi connectivity index (χ2v) is 5.54. The molecule has 100 valence electrons. The third-order valence-corrected chi connectivity index (χ3v) is 3.36. The molecule has 0 fully saturated rings. The van der Waals surface area contributed by atoms with Crippen molar-refractivity contribution in [3.05, 3.63) is 17.3 Å². The molecule has 7 nitrogen and oxygen atoms in total. The van der Waals surface area contributed by atoms with E-state index in [1.54, 1.807) is 0 Å². The number of carboxylic acids is 1. The van der Waals surface area contributed by atoms with E-state index < -0.39 is 22.6 Å². The zero-order valence-corrected chi connectivity index (χ0v) is 11.0. The Bertz CT molecular complexity index is 546. The fraction of sp³-hybridized carbons (Fsp3) is 0.333. The number of halogens is 1. The molecule has 0 unspecified atom stereocenters. The number of hydrogen-bond donors (Lipinski definition) is 2. The molecule has 0 spiro atoms. The SMILES string of the molecule is CCS(=O)(=O)Nc1ccc(OCC(=O)O)c(Cl)n1. The predicted octanol–water partition coefficient (Wildman–Crippen LogP) is 0.960. The van der Waals surface area contributed by atoms with Crippen molar-refractivity contribution in [3.8, 4) is 5.75 Å². The molecule has 0 aromatic carbocycles. The van der Waals surface area contributed by atoms with Gasteiger partial charge in [-0.15, -0.1) is 0 Å². The highest BCUT2D eigenvalue weighted by Crippen LogP contribution is 2.24. The van der Waals surface area contributed by atoms with Gasteiger partial charge in [-0.25, -0.2) is 18.2 Å². The highest BCUT2D eigenvalue weighted by atomic mass is 35.5. The summed E-state index contributed by atoms with van der Waals surface area (Å²) in [5, 5.41) is 8.31. The van der Waals surface area contributed by atoms with E-state index in [9.17, 15) is 13.2 Å². The summed E-state index contributed by atoms with van der Waals surface area (Å²) in [5.74, 6) is -1.13. The molecule has 1 aromatic rings. The molecule has 0 radical (unpaired) electrons. The van der Waals surface area contributed by atoms with E-state index >= 15 is 0 Å². The van der Waals surface area contributed by atoms with Gasteiger partial charge in [0.25, 0.3) is 0 Å². The topological polar surface area (TPSA) is 106 Å². The molecule has 0 saturated heterocycles. The monoisotopic (exact) mass is 294 g/mol. The van der Waals surface area contributed by atoms with Gasteiger partial charge in [0.1, 0.15) is 5.82 Å². The molecule has 0 saturated carbocycles. The van der Waals surface area contributed by atoms with Crippen molar-refractivity contribution >= 4 is 33.4 Å². The molecule has 0 aliphatic rings. The molecule has 1 rings (SSSR count). The summed E-state index contributed by atoms with van der Waals surface area (Å²) < 4.78 is 29.6. The number of ether oxygens (including phenoxy) is 1. The smallest absolute Gasteiger partial charge is 0.341 e. The summed E-state index contributed by atoms with van der Waals surface area (Å²) in [4.78, 5) is 14.0. The van der Waals surface area contributed by atoms with Crippen LogP contribution in [-0.2, 0) is 14.8 Å². The molecule has 0 aliphatic heterocycles. The third-order valence-electron chi connectivity index (χ3n) is 1.81. The Morgan fingerprint density at radius 2 is 2.22 bits per heavy atom. The van der Waals surface area contributed by atoms with Crippen LogP contribution in [-0.4, -0.2) is 36.8 Å². The number of pyridine rings is 1. The van der Waals surface area contributed by atoms with Crippen molar-refractivity contribution in [1.29, 1.82) is 0 Å². The van der Waals surface area contributed by atoms with Gasteiger partial charge in [0.15, 0.2) is 17.5 Å². The number of nitrogens with zero attached hydrogens (tertiary/aromatic N) is 1. The molecule has 18 heavy (non-hydrogen) atoms. The minimum absolute atomic E-state index is 0.0459. The van der Waals surface area contributed by atoms with Crippen molar-refractivity contribution in [2.75, 3.05) is 17.1 Å². The van der Waals surface area contributed by atoms with Crippen LogP contribution in [0.2, 0.25) is 5.15 Å². The highest BCUT2D eigenvalue weighted by molar-refractivity contribution is 7.92. The third kappa shape index (κ3) is 4.38. The number of aromatic nitrogens is 1. The van der Waals surface area contributed by atoms with Crippen molar-refractivity contribution in [1.82, 2.24) is 4.98 Å². The lowest BCUT2D eigenvalue weighted by molar-refractivity contribution is -0.139. The fourth-order valence-corrected chi connectivity index (χ4v) is 1.74. The Morgan fingerprint density at radius 1 is 1.56 bits per heavy atom. The minimum atomic E-state index is -3.43. The molecule has 1 heterocycles. The van der Waals surface area contributed by atoms with Crippen LogP contribution in [0.25, 0.3) is 0 Å². The number of carbonyl (C=O) groups is 1. The summed E-state index contributed by atoms with van der Waals surface area (Å²) in [5.41, 5.74) is 0. The number of carboxylic acid groups (broad SMARTS) is 1. The highest BCUT2D eigenvalue weighted by Gasteiger charge is 2.11. The second-order valence-electron chi connectivity index (χ2n) is 3.17. The van der Waals surface area contributed by atoms with Gasteiger partial charge < -0.3 is 9.84 Å². The lowest BCUT2D eigenvalue weighted by Gasteiger charge is -2.08. The second kappa shape index (κ2) is 5.87.